The molecule has 5 nitrogen and oxygen atoms in total. The number of aliphatic hydroxyl groups is 1. The van der Waals surface area contributed by atoms with Gasteiger partial charge in [0.05, 0.1) is 12.1 Å². The second kappa shape index (κ2) is 5.03. The third-order valence-electron chi connectivity index (χ3n) is 3.44. The lowest BCUT2D eigenvalue weighted by molar-refractivity contribution is -0.253. The number of carboxylic acids is 1. The molecule has 0 bridgehead atoms. The zero-order valence-corrected chi connectivity index (χ0v) is 10.7. The van der Waals surface area contributed by atoms with Crippen LogP contribution in [0.4, 0.5) is 13.2 Å². The molecule has 1 aromatic rings. The van der Waals surface area contributed by atoms with Crippen molar-refractivity contribution < 1.29 is 33.0 Å². The summed E-state index contributed by atoms with van der Waals surface area (Å²) in [5.41, 5.74) is -2.84. The van der Waals surface area contributed by atoms with Crippen LogP contribution in [-0.2, 0) is 0 Å². The first-order valence-electron chi connectivity index (χ1n) is 6.06. The summed E-state index contributed by atoms with van der Waals surface area (Å²) >= 11 is 0. The molecule has 114 valence electrons. The Morgan fingerprint density at radius 2 is 1.67 bits per heavy atom. The van der Waals surface area contributed by atoms with Crippen LogP contribution in [0.1, 0.15) is 27.1 Å². The van der Waals surface area contributed by atoms with Crippen LogP contribution in [0.15, 0.2) is 24.3 Å². The van der Waals surface area contributed by atoms with Gasteiger partial charge in [0, 0.05) is 18.5 Å². The van der Waals surface area contributed by atoms with Crippen molar-refractivity contribution in [3.8, 4) is 0 Å². The highest BCUT2D eigenvalue weighted by atomic mass is 19.4. The highest BCUT2D eigenvalue weighted by molar-refractivity contribution is 5.96. The van der Waals surface area contributed by atoms with Gasteiger partial charge in [0.25, 0.3) is 5.91 Å². The van der Waals surface area contributed by atoms with Gasteiger partial charge in [-0.2, -0.15) is 13.2 Å². The van der Waals surface area contributed by atoms with Crippen LogP contribution in [0, 0.1) is 0 Å². The topological polar surface area (TPSA) is 77.8 Å². The van der Waals surface area contributed by atoms with E-state index in [0.29, 0.717) is 0 Å². The van der Waals surface area contributed by atoms with E-state index in [2.05, 4.69) is 0 Å². The number of carbonyl (C=O) groups excluding carboxylic acids is 1. The zero-order chi connectivity index (χ0) is 15.8. The smallest absolute Gasteiger partial charge is 0.419 e. The lowest BCUT2D eigenvalue weighted by atomic mass is 10.0. The minimum atomic E-state index is -4.80. The molecule has 1 heterocycles. The molecule has 1 fully saturated rings. The number of nitrogens with zero attached hydrogens (tertiary/aromatic N) is 1. The summed E-state index contributed by atoms with van der Waals surface area (Å²) in [7, 11) is 0. The summed E-state index contributed by atoms with van der Waals surface area (Å²) in [6.45, 7) is -1.04. The summed E-state index contributed by atoms with van der Waals surface area (Å²) in [4.78, 5) is 23.6. The zero-order valence-electron chi connectivity index (χ0n) is 10.7. The number of β-amino-alcohol motifs (C(OH)–C–C–N with tert-alkyl or cyclic N) is 1. The summed E-state index contributed by atoms with van der Waals surface area (Å²) in [6, 6.07) is 4.86. The maximum atomic E-state index is 12.7. The molecule has 1 aromatic carbocycles. The molecule has 1 saturated heterocycles. The fourth-order valence-corrected chi connectivity index (χ4v) is 2.14. The Morgan fingerprint density at radius 3 is 2.10 bits per heavy atom. The van der Waals surface area contributed by atoms with Gasteiger partial charge in [-0.05, 0) is 24.3 Å². The van der Waals surface area contributed by atoms with E-state index in [-0.39, 0.29) is 17.7 Å². The van der Waals surface area contributed by atoms with Crippen molar-refractivity contribution in [3.05, 3.63) is 35.4 Å². The summed E-state index contributed by atoms with van der Waals surface area (Å²) in [5.74, 6) is -1.84. The molecule has 0 spiro atoms. The van der Waals surface area contributed by atoms with E-state index in [9.17, 15) is 27.9 Å². The molecule has 2 N–H and O–H groups in total. The molecular formula is C13H12F3NO4. The monoisotopic (exact) mass is 303 g/mol. The number of hydrogen-bond donors (Lipinski definition) is 2. The van der Waals surface area contributed by atoms with E-state index in [1.54, 1.807) is 0 Å². The van der Waals surface area contributed by atoms with Crippen LogP contribution in [0.3, 0.4) is 0 Å². The average molecular weight is 303 g/mol. The van der Waals surface area contributed by atoms with Gasteiger partial charge in [-0.25, -0.2) is 4.79 Å². The molecule has 21 heavy (non-hydrogen) atoms. The van der Waals surface area contributed by atoms with Crippen molar-refractivity contribution in [1.29, 1.82) is 0 Å². The number of alkyl halides is 3. The SMILES string of the molecule is O=C(O)c1ccc(C(=O)N2CC[C@](O)(C(F)(F)F)C2)cc1. The molecule has 0 aromatic heterocycles. The van der Waals surface area contributed by atoms with E-state index >= 15 is 0 Å². The second-order valence-electron chi connectivity index (χ2n) is 4.89. The van der Waals surface area contributed by atoms with E-state index < -0.39 is 36.6 Å². The molecule has 0 unspecified atom stereocenters. The largest absolute Gasteiger partial charge is 0.478 e. The van der Waals surface area contributed by atoms with Gasteiger partial charge in [0.15, 0.2) is 5.60 Å². The first-order chi connectivity index (χ1) is 9.64. The maximum absolute atomic E-state index is 12.7. The summed E-state index contributed by atoms with van der Waals surface area (Å²) < 4.78 is 38.0. The van der Waals surface area contributed by atoms with Gasteiger partial charge in [-0.1, -0.05) is 0 Å². The molecule has 1 aliphatic heterocycles. The molecule has 2 rings (SSSR count). The van der Waals surface area contributed by atoms with E-state index in [4.69, 9.17) is 5.11 Å². The van der Waals surface area contributed by atoms with Crippen LogP contribution in [-0.4, -0.2) is 51.9 Å². The fourth-order valence-electron chi connectivity index (χ4n) is 2.14. The number of likely N-dealkylation sites (tertiary alicyclic amines) is 1. The van der Waals surface area contributed by atoms with Gasteiger partial charge in [-0.3, -0.25) is 4.79 Å². The van der Waals surface area contributed by atoms with Crippen molar-refractivity contribution >= 4 is 11.9 Å². The first kappa shape index (κ1) is 15.3. The molecule has 0 radical (unpaired) electrons. The molecule has 1 aliphatic rings. The Balaban J connectivity index is 2.13. The predicted octanol–water partition coefficient (Wildman–Crippen LogP) is 1.52. The van der Waals surface area contributed by atoms with Crippen LogP contribution in [0.2, 0.25) is 0 Å². The minimum Gasteiger partial charge on any atom is -0.478 e. The second-order valence-corrected chi connectivity index (χ2v) is 4.89. The molecular weight excluding hydrogens is 291 g/mol. The average Bonchev–Trinajstić information content (AvgIpc) is 2.81. The molecule has 1 amide bonds. The number of amides is 1. The number of aromatic carboxylic acids is 1. The Hall–Kier alpha value is -2.09. The normalized spacial score (nSPS) is 22.4. The number of halogens is 3. The summed E-state index contributed by atoms with van der Waals surface area (Å²) in [5, 5.41) is 18.2. The van der Waals surface area contributed by atoms with Crippen molar-refractivity contribution in [2.24, 2.45) is 0 Å². The summed E-state index contributed by atoms with van der Waals surface area (Å²) in [6.07, 6.45) is -5.37. The van der Waals surface area contributed by atoms with Gasteiger partial charge in [-0.15, -0.1) is 0 Å². The van der Waals surface area contributed by atoms with Crippen molar-refractivity contribution in [3.63, 3.8) is 0 Å². The van der Waals surface area contributed by atoms with Crippen LogP contribution >= 0.6 is 0 Å². The molecule has 0 saturated carbocycles. The van der Waals surface area contributed by atoms with Gasteiger partial charge < -0.3 is 15.1 Å². The Kier molecular flexibility index (Phi) is 3.66. The van der Waals surface area contributed by atoms with Crippen molar-refractivity contribution in [1.82, 2.24) is 4.90 Å². The third kappa shape index (κ3) is 2.85. The predicted molar refractivity (Wildman–Crippen MR) is 64.9 cm³/mol. The van der Waals surface area contributed by atoms with Crippen LogP contribution in [0.5, 0.6) is 0 Å². The van der Waals surface area contributed by atoms with Crippen LogP contribution in [0.25, 0.3) is 0 Å². The van der Waals surface area contributed by atoms with E-state index in [1.165, 1.54) is 24.3 Å². The van der Waals surface area contributed by atoms with Crippen molar-refractivity contribution in [2.45, 2.75) is 18.2 Å². The third-order valence-corrected chi connectivity index (χ3v) is 3.44. The lowest BCUT2D eigenvalue weighted by Crippen LogP contribution is -2.48. The Bertz CT molecular complexity index is 570. The quantitative estimate of drug-likeness (QED) is 0.868. The van der Waals surface area contributed by atoms with Gasteiger partial charge in [0.1, 0.15) is 0 Å². The number of hydrogen-bond acceptors (Lipinski definition) is 3. The van der Waals surface area contributed by atoms with Crippen LogP contribution < -0.4 is 0 Å². The Morgan fingerprint density at radius 1 is 1.14 bits per heavy atom. The Labute approximate surface area is 117 Å². The highest BCUT2D eigenvalue weighted by Gasteiger charge is 2.57. The maximum Gasteiger partial charge on any atom is 0.419 e. The first-order valence-corrected chi connectivity index (χ1v) is 6.06. The fraction of sp³-hybridized carbons (Fsp3) is 0.385. The molecule has 1 atom stereocenters. The highest BCUT2D eigenvalue weighted by Crippen LogP contribution is 2.37. The van der Waals surface area contributed by atoms with Crippen molar-refractivity contribution in [2.75, 3.05) is 13.1 Å². The number of carbonyl (C=O) groups is 2. The molecule has 8 heteroatoms. The van der Waals surface area contributed by atoms with E-state index in [1.807, 2.05) is 0 Å². The number of carboxylic acid groups (broad SMARTS) is 1. The number of rotatable bonds is 2. The number of benzene rings is 1. The van der Waals surface area contributed by atoms with Gasteiger partial charge in [0.2, 0.25) is 0 Å². The molecule has 0 aliphatic carbocycles. The van der Waals surface area contributed by atoms with E-state index in [0.717, 1.165) is 4.90 Å². The van der Waals surface area contributed by atoms with Gasteiger partial charge >= 0.3 is 12.1 Å². The minimum absolute atomic E-state index is 0.0280. The lowest BCUT2D eigenvalue weighted by Gasteiger charge is -2.25. The standard InChI is InChI=1S/C13H12F3NO4/c14-13(15,16)12(21)5-6-17(7-12)10(18)8-1-3-9(4-2-8)11(19)20/h1-4,21H,5-7H2,(H,19,20)/t12-/m1/s1.